The molecule has 6 rings (SSSR count). The third kappa shape index (κ3) is 3.70. The minimum atomic E-state index is -1.61. The SMILES string of the molecule is CCCn1cc(-c2ccc3oc([C@]4(CN5Cc6ccc(OC)cc6C5=O)NC(=O)NC4=O)cc3n2)cn1. The average Bonchev–Trinajstić information content (AvgIpc) is 3.65. The normalized spacial score (nSPS) is 18.9. The van der Waals surface area contributed by atoms with Gasteiger partial charge in [-0.25, -0.2) is 9.78 Å². The lowest BCUT2D eigenvalue weighted by atomic mass is 9.95. The smallest absolute Gasteiger partial charge is 0.322 e. The number of urea groups is 1. The zero-order valence-electron chi connectivity index (χ0n) is 20.3. The minimum absolute atomic E-state index is 0.114. The summed E-state index contributed by atoms with van der Waals surface area (Å²) in [7, 11) is 1.53. The van der Waals surface area contributed by atoms with Crippen LogP contribution in [-0.2, 0) is 23.4 Å². The van der Waals surface area contributed by atoms with Crippen LogP contribution in [0, 0.1) is 0 Å². The Balaban J connectivity index is 1.35. The zero-order chi connectivity index (χ0) is 25.7. The van der Waals surface area contributed by atoms with Gasteiger partial charge in [0.1, 0.15) is 17.0 Å². The van der Waals surface area contributed by atoms with Crippen molar-refractivity contribution >= 4 is 28.9 Å². The van der Waals surface area contributed by atoms with Crippen LogP contribution in [0.25, 0.3) is 22.4 Å². The summed E-state index contributed by atoms with van der Waals surface area (Å²) < 4.78 is 13.2. The Morgan fingerprint density at radius 1 is 1.16 bits per heavy atom. The van der Waals surface area contributed by atoms with Crippen LogP contribution in [0.15, 0.2) is 53.2 Å². The summed E-state index contributed by atoms with van der Waals surface area (Å²) in [6.45, 7) is 3.06. The third-order valence-electron chi connectivity index (χ3n) is 6.74. The van der Waals surface area contributed by atoms with Gasteiger partial charge in [0.05, 0.1) is 25.5 Å². The predicted molar refractivity (Wildman–Crippen MR) is 132 cm³/mol. The Bertz CT molecular complexity index is 1570. The summed E-state index contributed by atoms with van der Waals surface area (Å²) >= 11 is 0. The van der Waals surface area contributed by atoms with Crippen LogP contribution in [0.5, 0.6) is 5.75 Å². The first-order valence-corrected chi connectivity index (χ1v) is 11.9. The second-order valence-electron chi connectivity index (χ2n) is 9.18. The Morgan fingerprint density at radius 3 is 2.78 bits per heavy atom. The monoisotopic (exact) mass is 500 g/mol. The number of benzene rings is 1. The fraction of sp³-hybridized carbons (Fsp3) is 0.269. The number of rotatable bonds is 7. The van der Waals surface area contributed by atoms with Gasteiger partial charge in [0.25, 0.3) is 11.8 Å². The molecule has 1 aromatic carbocycles. The molecule has 0 bridgehead atoms. The van der Waals surface area contributed by atoms with E-state index in [0.29, 0.717) is 28.1 Å². The molecule has 188 valence electrons. The van der Waals surface area contributed by atoms with Gasteiger partial charge in [-0.15, -0.1) is 0 Å². The Kier molecular flexibility index (Phi) is 5.21. The van der Waals surface area contributed by atoms with Crippen molar-refractivity contribution in [2.45, 2.75) is 32.0 Å². The molecule has 0 unspecified atom stereocenters. The van der Waals surface area contributed by atoms with Gasteiger partial charge in [-0.2, -0.15) is 5.10 Å². The highest BCUT2D eigenvalue weighted by atomic mass is 16.5. The number of nitrogens with one attached hydrogen (secondary N) is 2. The highest BCUT2D eigenvalue weighted by Crippen LogP contribution is 2.35. The first kappa shape index (κ1) is 22.8. The molecule has 37 heavy (non-hydrogen) atoms. The zero-order valence-corrected chi connectivity index (χ0v) is 20.3. The molecule has 1 atom stereocenters. The van der Waals surface area contributed by atoms with Gasteiger partial charge in [0.15, 0.2) is 11.1 Å². The minimum Gasteiger partial charge on any atom is -0.497 e. The van der Waals surface area contributed by atoms with E-state index in [-0.39, 0.29) is 24.8 Å². The van der Waals surface area contributed by atoms with Crippen molar-refractivity contribution in [1.82, 2.24) is 30.3 Å². The molecule has 2 N–H and O–H groups in total. The Morgan fingerprint density at radius 2 is 2.03 bits per heavy atom. The number of ether oxygens (including phenoxy) is 1. The summed E-state index contributed by atoms with van der Waals surface area (Å²) in [5, 5.41) is 9.35. The number of pyridine rings is 1. The van der Waals surface area contributed by atoms with E-state index in [1.165, 1.54) is 12.0 Å². The number of carbonyl (C=O) groups excluding carboxylic acids is 3. The number of amides is 4. The van der Waals surface area contributed by atoms with Crippen LogP contribution in [0.3, 0.4) is 0 Å². The highest BCUT2D eigenvalue weighted by molar-refractivity contribution is 6.08. The predicted octanol–water partition coefficient (Wildman–Crippen LogP) is 2.80. The number of hydrogen-bond donors (Lipinski definition) is 2. The van der Waals surface area contributed by atoms with Crippen molar-refractivity contribution in [2.75, 3.05) is 13.7 Å². The summed E-state index contributed by atoms with van der Waals surface area (Å²) in [6.07, 6.45) is 4.64. The van der Waals surface area contributed by atoms with Gasteiger partial charge >= 0.3 is 6.03 Å². The molecule has 1 saturated heterocycles. The topological polar surface area (TPSA) is 132 Å². The van der Waals surface area contributed by atoms with E-state index in [2.05, 4.69) is 22.7 Å². The molecule has 11 nitrogen and oxygen atoms in total. The molecule has 11 heteroatoms. The van der Waals surface area contributed by atoms with Crippen LogP contribution in [0.1, 0.15) is 35.0 Å². The molecule has 1 fully saturated rings. The number of aryl methyl sites for hydroxylation is 1. The van der Waals surface area contributed by atoms with Crippen LogP contribution in [0.2, 0.25) is 0 Å². The quantitative estimate of drug-likeness (QED) is 0.373. The lowest BCUT2D eigenvalue weighted by Gasteiger charge is -2.28. The first-order valence-electron chi connectivity index (χ1n) is 11.9. The maximum atomic E-state index is 13.2. The summed E-state index contributed by atoms with van der Waals surface area (Å²) in [6, 6.07) is 9.84. The number of hydrogen-bond acceptors (Lipinski definition) is 7. The molecule has 0 spiro atoms. The van der Waals surface area contributed by atoms with Crippen molar-refractivity contribution in [3.8, 4) is 17.0 Å². The van der Waals surface area contributed by atoms with Crippen LogP contribution in [0.4, 0.5) is 4.79 Å². The Hall–Kier alpha value is -4.67. The molecule has 3 aromatic heterocycles. The number of furan rings is 1. The van der Waals surface area contributed by atoms with E-state index >= 15 is 0 Å². The fourth-order valence-corrected chi connectivity index (χ4v) is 4.88. The molecular formula is C26H24N6O5. The largest absolute Gasteiger partial charge is 0.497 e. The van der Waals surface area contributed by atoms with Crippen LogP contribution in [-0.4, -0.2) is 51.2 Å². The summed E-state index contributed by atoms with van der Waals surface area (Å²) in [5.74, 6) is -0.102. The number of imide groups is 1. The standard InChI is InChI=1S/C26H24N6O5/c1-3-8-32-13-16(11-27-32)19-6-7-21-20(28-19)10-22(37-21)26(24(34)29-25(35)30-26)14-31-12-15-4-5-17(36-2)9-18(15)23(31)33/h4-7,9-11,13H,3,8,12,14H2,1-2H3,(H2,29,30,34,35)/t26-/m0/s1. The van der Waals surface area contributed by atoms with Gasteiger partial charge in [-0.1, -0.05) is 13.0 Å². The van der Waals surface area contributed by atoms with Crippen molar-refractivity contribution in [2.24, 2.45) is 0 Å². The molecule has 4 aromatic rings. The summed E-state index contributed by atoms with van der Waals surface area (Å²) in [4.78, 5) is 44.9. The van der Waals surface area contributed by atoms with Gasteiger partial charge in [-0.05, 0) is 36.2 Å². The molecule has 2 aliphatic heterocycles. The second kappa shape index (κ2) is 8.47. The lowest BCUT2D eigenvalue weighted by molar-refractivity contribution is -0.125. The van der Waals surface area contributed by atoms with E-state index in [4.69, 9.17) is 14.1 Å². The van der Waals surface area contributed by atoms with Gasteiger partial charge in [0, 0.05) is 36.5 Å². The molecule has 2 aliphatic rings. The summed E-state index contributed by atoms with van der Waals surface area (Å²) in [5.41, 5.74) is 2.24. The first-order chi connectivity index (χ1) is 17.9. The van der Waals surface area contributed by atoms with Gasteiger partial charge in [0.2, 0.25) is 0 Å². The van der Waals surface area contributed by atoms with Crippen molar-refractivity contribution in [3.05, 3.63) is 65.7 Å². The van der Waals surface area contributed by atoms with Crippen molar-refractivity contribution < 1.29 is 23.5 Å². The van der Waals surface area contributed by atoms with Crippen LogP contribution >= 0.6 is 0 Å². The van der Waals surface area contributed by atoms with E-state index in [1.807, 2.05) is 23.0 Å². The van der Waals surface area contributed by atoms with Crippen molar-refractivity contribution in [1.29, 1.82) is 0 Å². The molecule has 4 amide bonds. The fourth-order valence-electron chi connectivity index (χ4n) is 4.88. The second-order valence-corrected chi connectivity index (χ2v) is 9.18. The van der Waals surface area contributed by atoms with E-state index < -0.39 is 17.5 Å². The maximum absolute atomic E-state index is 13.2. The molecular weight excluding hydrogens is 476 g/mol. The van der Waals surface area contributed by atoms with E-state index in [1.54, 1.807) is 30.5 Å². The number of nitrogens with zero attached hydrogens (tertiary/aromatic N) is 4. The molecule has 5 heterocycles. The highest BCUT2D eigenvalue weighted by Gasteiger charge is 2.53. The Labute approximate surface area is 211 Å². The molecule has 0 aliphatic carbocycles. The maximum Gasteiger partial charge on any atom is 0.322 e. The number of carbonyl (C=O) groups is 3. The number of methoxy groups -OCH3 is 1. The van der Waals surface area contributed by atoms with Gasteiger partial charge in [-0.3, -0.25) is 19.6 Å². The van der Waals surface area contributed by atoms with Crippen LogP contribution < -0.4 is 15.4 Å². The van der Waals surface area contributed by atoms with Gasteiger partial charge < -0.3 is 19.4 Å². The van der Waals surface area contributed by atoms with E-state index in [9.17, 15) is 14.4 Å². The number of fused-ring (bicyclic) bond motifs is 2. The van der Waals surface area contributed by atoms with E-state index in [0.717, 1.165) is 24.1 Å². The average molecular weight is 501 g/mol. The lowest BCUT2D eigenvalue weighted by Crippen LogP contribution is -2.52. The number of aromatic nitrogens is 3. The van der Waals surface area contributed by atoms with Crippen molar-refractivity contribution in [3.63, 3.8) is 0 Å². The molecule has 0 saturated carbocycles. The molecule has 0 radical (unpaired) electrons. The third-order valence-corrected chi connectivity index (χ3v) is 6.74.